The summed E-state index contributed by atoms with van der Waals surface area (Å²) in [5.74, 6) is 0.113. The summed E-state index contributed by atoms with van der Waals surface area (Å²) in [5.41, 5.74) is -0.0997. The summed E-state index contributed by atoms with van der Waals surface area (Å²) >= 11 is 5.64. The summed E-state index contributed by atoms with van der Waals surface area (Å²) < 4.78 is 0. The lowest BCUT2D eigenvalue weighted by Gasteiger charge is -2.01. The van der Waals surface area contributed by atoms with Gasteiger partial charge in [-0.05, 0) is 18.8 Å². The van der Waals surface area contributed by atoms with Gasteiger partial charge in [0.05, 0.1) is 11.2 Å². The zero-order chi connectivity index (χ0) is 10.1. The predicted molar refractivity (Wildman–Crippen MR) is 50.4 cm³/mol. The monoisotopic (exact) mass is 212 g/mol. The molecular weight excluding hydrogens is 204 g/mol. The molecule has 1 heterocycles. The molecule has 1 fully saturated rings. The van der Waals surface area contributed by atoms with Crippen LogP contribution in [0.15, 0.2) is 6.20 Å². The molecule has 0 aliphatic heterocycles. The summed E-state index contributed by atoms with van der Waals surface area (Å²) in [6, 6.07) is 0. The number of aromatic carboxylic acids is 1. The quantitative estimate of drug-likeness (QED) is 0.830. The first-order valence-corrected chi connectivity index (χ1v) is 4.79. The van der Waals surface area contributed by atoms with E-state index in [0.717, 1.165) is 6.42 Å². The Labute approximate surface area is 85.9 Å². The van der Waals surface area contributed by atoms with E-state index in [9.17, 15) is 4.79 Å². The van der Waals surface area contributed by atoms with Crippen molar-refractivity contribution in [1.29, 1.82) is 0 Å². The van der Waals surface area contributed by atoms with Crippen LogP contribution in [0.5, 0.6) is 0 Å². The number of carbonyl (C=O) groups is 1. The van der Waals surface area contributed by atoms with E-state index in [-0.39, 0.29) is 10.7 Å². The number of aromatic nitrogens is 2. The molecule has 0 atom stereocenters. The van der Waals surface area contributed by atoms with E-state index in [1.807, 2.05) is 0 Å². The Morgan fingerprint density at radius 2 is 2.36 bits per heavy atom. The van der Waals surface area contributed by atoms with Crippen LogP contribution in [0.2, 0.25) is 5.02 Å². The van der Waals surface area contributed by atoms with Crippen molar-refractivity contribution in [2.24, 2.45) is 5.92 Å². The maximum Gasteiger partial charge on any atom is 0.356 e. The summed E-state index contributed by atoms with van der Waals surface area (Å²) in [5, 5.41) is 8.86. The number of nitrogens with zero attached hydrogens (tertiary/aromatic N) is 2. The first-order chi connectivity index (χ1) is 6.66. The van der Waals surface area contributed by atoms with Gasteiger partial charge in [0.1, 0.15) is 5.82 Å². The van der Waals surface area contributed by atoms with Gasteiger partial charge in [-0.1, -0.05) is 11.6 Å². The van der Waals surface area contributed by atoms with Crippen LogP contribution in [0.4, 0.5) is 0 Å². The molecule has 0 radical (unpaired) electrons. The minimum atomic E-state index is -1.10. The van der Waals surface area contributed by atoms with Gasteiger partial charge in [0.15, 0.2) is 5.69 Å². The van der Waals surface area contributed by atoms with Crippen molar-refractivity contribution in [3.05, 3.63) is 22.7 Å². The molecule has 14 heavy (non-hydrogen) atoms. The number of carboxylic acids is 1. The van der Waals surface area contributed by atoms with Crippen LogP contribution in [-0.2, 0) is 6.42 Å². The molecule has 0 unspecified atom stereocenters. The summed E-state index contributed by atoms with van der Waals surface area (Å²) in [4.78, 5) is 18.6. The highest BCUT2D eigenvalue weighted by atomic mass is 35.5. The average molecular weight is 213 g/mol. The second-order valence-corrected chi connectivity index (χ2v) is 3.84. The molecule has 1 aromatic rings. The Morgan fingerprint density at radius 1 is 1.64 bits per heavy atom. The van der Waals surface area contributed by atoms with E-state index in [1.54, 1.807) is 0 Å². The Hall–Kier alpha value is -1.16. The van der Waals surface area contributed by atoms with E-state index in [1.165, 1.54) is 19.0 Å². The maximum absolute atomic E-state index is 10.7. The number of hydrogen-bond donors (Lipinski definition) is 1. The van der Waals surface area contributed by atoms with Gasteiger partial charge in [0.2, 0.25) is 0 Å². The first kappa shape index (κ1) is 9.40. The zero-order valence-corrected chi connectivity index (χ0v) is 8.16. The molecule has 4 nitrogen and oxygen atoms in total. The van der Waals surface area contributed by atoms with Crippen LogP contribution in [0.3, 0.4) is 0 Å². The lowest BCUT2D eigenvalue weighted by atomic mass is 10.2. The Bertz CT molecular complexity index is 377. The first-order valence-electron chi connectivity index (χ1n) is 4.41. The molecule has 0 bridgehead atoms. The highest BCUT2D eigenvalue weighted by molar-refractivity contribution is 6.33. The van der Waals surface area contributed by atoms with Crippen molar-refractivity contribution in [2.45, 2.75) is 19.3 Å². The molecule has 1 aromatic heterocycles. The maximum atomic E-state index is 10.7. The minimum Gasteiger partial charge on any atom is -0.476 e. The van der Waals surface area contributed by atoms with Gasteiger partial charge in [-0.2, -0.15) is 0 Å². The molecule has 1 aliphatic rings. The lowest BCUT2D eigenvalue weighted by Crippen LogP contribution is -2.06. The van der Waals surface area contributed by atoms with Crippen LogP contribution in [0.25, 0.3) is 0 Å². The fraction of sp³-hybridized carbons (Fsp3) is 0.444. The summed E-state index contributed by atoms with van der Waals surface area (Å²) in [6.07, 6.45) is 4.50. The fourth-order valence-corrected chi connectivity index (χ4v) is 1.40. The SMILES string of the molecule is O=C(O)c1nc(CC2CC2)ncc1Cl. The highest BCUT2D eigenvalue weighted by Gasteiger charge is 2.23. The Kier molecular flexibility index (Phi) is 2.37. The van der Waals surface area contributed by atoms with E-state index < -0.39 is 5.97 Å². The van der Waals surface area contributed by atoms with Crippen molar-refractivity contribution in [1.82, 2.24) is 9.97 Å². The van der Waals surface area contributed by atoms with Gasteiger partial charge < -0.3 is 5.11 Å². The molecule has 0 spiro atoms. The number of halogens is 1. The largest absolute Gasteiger partial charge is 0.476 e. The molecule has 2 rings (SSSR count). The Morgan fingerprint density at radius 3 is 2.93 bits per heavy atom. The summed E-state index contributed by atoms with van der Waals surface area (Å²) in [7, 11) is 0. The lowest BCUT2D eigenvalue weighted by molar-refractivity contribution is 0.0690. The summed E-state index contributed by atoms with van der Waals surface area (Å²) in [6.45, 7) is 0. The molecule has 1 N–H and O–H groups in total. The third-order valence-electron chi connectivity index (χ3n) is 2.16. The second-order valence-electron chi connectivity index (χ2n) is 3.44. The topological polar surface area (TPSA) is 63.1 Å². The molecule has 0 amide bonds. The Balaban J connectivity index is 2.24. The zero-order valence-electron chi connectivity index (χ0n) is 7.40. The van der Waals surface area contributed by atoms with Gasteiger partial charge in [-0.3, -0.25) is 0 Å². The fourth-order valence-electron chi connectivity index (χ4n) is 1.23. The third-order valence-corrected chi connectivity index (χ3v) is 2.44. The predicted octanol–water partition coefficient (Wildman–Crippen LogP) is 1.78. The number of hydrogen-bond acceptors (Lipinski definition) is 3. The van der Waals surface area contributed by atoms with Crippen LogP contribution in [-0.4, -0.2) is 21.0 Å². The van der Waals surface area contributed by atoms with Crippen LogP contribution in [0, 0.1) is 5.92 Å². The van der Waals surface area contributed by atoms with Crippen molar-refractivity contribution < 1.29 is 9.90 Å². The average Bonchev–Trinajstić information content (AvgIpc) is 2.92. The molecule has 1 saturated carbocycles. The van der Waals surface area contributed by atoms with Crippen molar-refractivity contribution in [3.8, 4) is 0 Å². The van der Waals surface area contributed by atoms with Gasteiger partial charge in [-0.25, -0.2) is 14.8 Å². The van der Waals surface area contributed by atoms with Crippen molar-refractivity contribution in [3.63, 3.8) is 0 Å². The standard InChI is InChI=1S/C9H9ClN2O2/c10-6-4-11-7(3-5-1-2-5)12-8(6)9(13)14/h4-5H,1-3H2,(H,13,14). The third kappa shape index (κ3) is 2.01. The van der Waals surface area contributed by atoms with Crippen LogP contribution in [0.1, 0.15) is 29.2 Å². The number of rotatable bonds is 3. The molecule has 0 aromatic carbocycles. The van der Waals surface area contributed by atoms with E-state index in [2.05, 4.69) is 9.97 Å². The molecule has 1 aliphatic carbocycles. The van der Waals surface area contributed by atoms with Crippen molar-refractivity contribution >= 4 is 17.6 Å². The highest BCUT2D eigenvalue weighted by Crippen LogP contribution is 2.31. The normalized spacial score (nSPS) is 15.5. The van der Waals surface area contributed by atoms with Gasteiger partial charge in [0, 0.05) is 6.42 Å². The molecule has 0 saturated heterocycles. The van der Waals surface area contributed by atoms with E-state index >= 15 is 0 Å². The van der Waals surface area contributed by atoms with Gasteiger partial charge in [0.25, 0.3) is 0 Å². The molecule has 74 valence electrons. The number of carboxylic acid groups (broad SMARTS) is 1. The minimum absolute atomic E-state index is 0.0945. The second kappa shape index (κ2) is 3.53. The van der Waals surface area contributed by atoms with Crippen LogP contribution < -0.4 is 0 Å². The molecule has 5 heteroatoms. The van der Waals surface area contributed by atoms with E-state index in [4.69, 9.17) is 16.7 Å². The molecular formula is C9H9ClN2O2. The van der Waals surface area contributed by atoms with E-state index in [0.29, 0.717) is 11.7 Å². The van der Waals surface area contributed by atoms with Crippen molar-refractivity contribution in [2.75, 3.05) is 0 Å². The smallest absolute Gasteiger partial charge is 0.356 e. The van der Waals surface area contributed by atoms with Crippen LogP contribution >= 0.6 is 11.6 Å². The van der Waals surface area contributed by atoms with Gasteiger partial charge in [-0.15, -0.1) is 0 Å². The van der Waals surface area contributed by atoms with Gasteiger partial charge >= 0.3 is 5.97 Å².